The van der Waals surface area contributed by atoms with E-state index in [0.717, 1.165) is 16.3 Å². The molecule has 0 fully saturated rings. The minimum atomic E-state index is -3.94. The highest BCUT2D eigenvalue weighted by molar-refractivity contribution is 7.91. The summed E-state index contributed by atoms with van der Waals surface area (Å²) < 4.78 is 52.0. The Labute approximate surface area is 143 Å². The maximum atomic E-state index is 12.3. The Morgan fingerprint density at radius 1 is 1.04 bits per heavy atom. The maximum absolute atomic E-state index is 12.3. The number of oxazole rings is 1. The maximum Gasteiger partial charge on any atom is 0.227 e. The van der Waals surface area contributed by atoms with Crippen LogP contribution in [0.2, 0.25) is 0 Å². The van der Waals surface area contributed by atoms with Gasteiger partial charge in [0.2, 0.25) is 5.89 Å². The Morgan fingerprint density at radius 3 is 2.71 bits per heavy atom. The van der Waals surface area contributed by atoms with Crippen molar-refractivity contribution in [1.82, 2.24) is 4.98 Å². The molecule has 1 heterocycles. The fourth-order valence-corrected chi connectivity index (χ4v) is 3.36. The van der Waals surface area contributed by atoms with E-state index in [1.807, 2.05) is 42.5 Å². The Balaban J connectivity index is 1.76. The Bertz CT molecular complexity index is 1260. The van der Waals surface area contributed by atoms with Crippen molar-refractivity contribution >= 4 is 31.7 Å². The molecule has 0 unspecified atom stereocenters. The van der Waals surface area contributed by atoms with Gasteiger partial charge in [0.05, 0.1) is 10.6 Å². The third-order valence-corrected chi connectivity index (χ3v) is 5.26. The summed E-state index contributed by atoms with van der Waals surface area (Å²) in [6.45, 7) is -2.56. The topological polar surface area (TPSA) is 60.2 Å². The van der Waals surface area contributed by atoms with Crippen LogP contribution in [0.25, 0.3) is 33.3 Å². The zero-order valence-electron chi connectivity index (χ0n) is 15.6. The number of hydrogen-bond acceptors (Lipinski definition) is 4. The Kier molecular flexibility index (Phi) is 2.69. The van der Waals surface area contributed by atoms with Gasteiger partial charge in [0, 0.05) is 9.68 Å². The Hall–Kier alpha value is -2.66. The first-order valence-corrected chi connectivity index (χ1v) is 8.99. The van der Waals surface area contributed by atoms with Crippen molar-refractivity contribution in [2.24, 2.45) is 0 Å². The molecule has 3 aromatic carbocycles. The van der Waals surface area contributed by atoms with E-state index in [0.29, 0.717) is 17.0 Å². The summed E-state index contributed by atoms with van der Waals surface area (Å²) in [6.07, 6.45) is 0. The van der Waals surface area contributed by atoms with Crippen LogP contribution in [0.15, 0.2) is 70.0 Å². The second-order valence-electron chi connectivity index (χ2n) is 5.47. The lowest BCUT2D eigenvalue weighted by molar-refractivity contribution is 0.597. The summed E-state index contributed by atoms with van der Waals surface area (Å²) in [5, 5.41) is 2.13. The quantitative estimate of drug-likeness (QED) is 0.553. The number of benzene rings is 3. The van der Waals surface area contributed by atoms with Crippen molar-refractivity contribution in [3.05, 3.63) is 60.7 Å². The molecule has 0 bridgehead atoms. The molecule has 0 aliphatic carbocycles. The third kappa shape index (κ3) is 2.47. The molecule has 0 saturated carbocycles. The molecule has 120 valence electrons. The molecular weight excluding hydrogens is 322 g/mol. The largest absolute Gasteiger partial charge is 0.436 e. The molecule has 24 heavy (non-hydrogen) atoms. The molecule has 1 aromatic heterocycles. The molecular formula is C19H15NO3S. The summed E-state index contributed by atoms with van der Waals surface area (Å²) >= 11 is 0. The highest BCUT2D eigenvalue weighted by Crippen LogP contribution is 2.28. The molecule has 0 spiro atoms. The zero-order valence-corrected chi connectivity index (χ0v) is 13.4. The van der Waals surface area contributed by atoms with Crippen molar-refractivity contribution < 1.29 is 16.9 Å². The summed E-state index contributed by atoms with van der Waals surface area (Å²) in [7, 11) is -3.94. The van der Waals surface area contributed by atoms with E-state index in [4.69, 9.17) is 8.53 Å². The van der Waals surface area contributed by atoms with Crippen molar-refractivity contribution in [2.45, 2.75) is 11.7 Å². The molecule has 0 saturated heterocycles. The molecule has 0 N–H and O–H groups in total. The van der Waals surface area contributed by atoms with E-state index in [-0.39, 0.29) is 4.90 Å². The number of fused-ring (bicyclic) bond motifs is 2. The van der Waals surface area contributed by atoms with Crippen LogP contribution in [0.3, 0.4) is 0 Å². The summed E-state index contributed by atoms with van der Waals surface area (Å²) in [4.78, 5) is 4.31. The summed E-state index contributed by atoms with van der Waals surface area (Å²) in [5.41, 5.74) is 1.58. The molecule has 4 rings (SSSR count). The second-order valence-corrected chi connectivity index (χ2v) is 7.46. The first-order chi connectivity index (χ1) is 12.7. The van der Waals surface area contributed by atoms with Crippen LogP contribution < -0.4 is 0 Å². The van der Waals surface area contributed by atoms with Crippen molar-refractivity contribution in [3.63, 3.8) is 0 Å². The fourth-order valence-electron chi connectivity index (χ4n) is 2.63. The van der Waals surface area contributed by atoms with Crippen LogP contribution in [0, 0.1) is 0 Å². The van der Waals surface area contributed by atoms with Crippen LogP contribution in [-0.4, -0.2) is 19.2 Å². The first kappa shape index (κ1) is 11.8. The van der Waals surface area contributed by atoms with E-state index in [9.17, 15) is 8.42 Å². The molecule has 4 aromatic rings. The number of nitrogens with zero attached hydrogens (tertiary/aromatic N) is 1. The standard InChI is InChI=1S/C19H15NO3S/c1-2-24(21,22)16-9-10-18-17(12-16)20-19(23-18)15-8-7-13-5-3-4-6-14(13)11-15/h3-12H,2H2,1H3/i1D3. The zero-order chi connectivity index (χ0) is 19.2. The van der Waals surface area contributed by atoms with Gasteiger partial charge in [0.1, 0.15) is 5.52 Å². The fraction of sp³-hybridized carbons (Fsp3) is 0.105. The summed E-state index contributed by atoms with van der Waals surface area (Å²) in [5.74, 6) is -0.540. The predicted octanol–water partition coefficient (Wildman–Crippen LogP) is 4.44. The van der Waals surface area contributed by atoms with E-state index in [1.54, 1.807) is 0 Å². The van der Waals surface area contributed by atoms with Gasteiger partial charge in [-0.05, 0) is 41.1 Å². The summed E-state index contributed by atoms with van der Waals surface area (Å²) in [6, 6.07) is 17.9. The number of sulfone groups is 1. The lowest BCUT2D eigenvalue weighted by Gasteiger charge is -1.99. The Morgan fingerprint density at radius 2 is 1.88 bits per heavy atom. The number of hydrogen-bond donors (Lipinski definition) is 0. The van der Waals surface area contributed by atoms with E-state index >= 15 is 0 Å². The molecule has 0 atom stereocenters. The SMILES string of the molecule is [2H]C([2H])([2H])CS(=O)(=O)c1ccc2oc(-c3ccc4ccccc4c3)nc2c1. The van der Waals surface area contributed by atoms with Gasteiger partial charge in [-0.1, -0.05) is 37.2 Å². The first-order valence-electron chi connectivity index (χ1n) is 8.84. The number of rotatable bonds is 3. The normalized spacial score (nSPS) is 14.4. The minimum Gasteiger partial charge on any atom is -0.436 e. The highest BCUT2D eigenvalue weighted by Gasteiger charge is 2.15. The van der Waals surface area contributed by atoms with Gasteiger partial charge in [0.25, 0.3) is 0 Å². The van der Waals surface area contributed by atoms with Crippen LogP contribution in [0.5, 0.6) is 0 Å². The van der Waals surface area contributed by atoms with Crippen molar-refractivity contribution in [2.75, 3.05) is 5.75 Å². The molecule has 0 aliphatic heterocycles. The van der Waals surface area contributed by atoms with E-state index in [1.165, 1.54) is 18.2 Å². The van der Waals surface area contributed by atoms with Gasteiger partial charge in [-0.15, -0.1) is 0 Å². The van der Waals surface area contributed by atoms with E-state index < -0.39 is 22.4 Å². The lowest BCUT2D eigenvalue weighted by atomic mass is 10.1. The van der Waals surface area contributed by atoms with Crippen molar-refractivity contribution in [3.8, 4) is 11.5 Å². The second kappa shape index (κ2) is 5.46. The highest BCUT2D eigenvalue weighted by atomic mass is 32.2. The van der Waals surface area contributed by atoms with Crippen molar-refractivity contribution in [1.29, 1.82) is 0 Å². The lowest BCUT2D eigenvalue weighted by Crippen LogP contribution is -2.03. The van der Waals surface area contributed by atoms with E-state index in [2.05, 4.69) is 4.98 Å². The minimum absolute atomic E-state index is 0.0792. The molecule has 0 amide bonds. The smallest absolute Gasteiger partial charge is 0.227 e. The van der Waals surface area contributed by atoms with Gasteiger partial charge >= 0.3 is 0 Å². The van der Waals surface area contributed by atoms with Gasteiger partial charge < -0.3 is 4.42 Å². The van der Waals surface area contributed by atoms with Crippen LogP contribution >= 0.6 is 0 Å². The third-order valence-electron chi connectivity index (χ3n) is 3.90. The molecule has 0 aliphatic rings. The van der Waals surface area contributed by atoms with Crippen LogP contribution in [0.4, 0.5) is 0 Å². The molecule has 0 radical (unpaired) electrons. The predicted molar refractivity (Wildman–Crippen MR) is 94.7 cm³/mol. The van der Waals surface area contributed by atoms with Crippen LogP contribution in [-0.2, 0) is 9.84 Å². The van der Waals surface area contributed by atoms with Gasteiger partial charge in [-0.25, -0.2) is 13.4 Å². The average Bonchev–Trinajstić information content (AvgIpc) is 3.02. The van der Waals surface area contributed by atoms with Gasteiger partial charge in [-0.3, -0.25) is 0 Å². The van der Waals surface area contributed by atoms with Crippen LogP contribution in [0.1, 0.15) is 11.0 Å². The molecule has 4 nitrogen and oxygen atoms in total. The van der Waals surface area contributed by atoms with Gasteiger partial charge in [0.15, 0.2) is 15.4 Å². The molecule has 5 heteroatoms. The average molecular weight is 340 g/mol. The van der Waals surface area contributed by atoms with Gasteiger partial charge in [-0.2, -0.15) is 0 Å². The monoisotopic (exact) mass is 340 g/mol. The number of aromatic nitrogens is 1.